The molecule has 3 rings (SSSR count). The minimum absolute atomic E-state index is 0.0175. The average molecular weight is 351 g/mol. The molecule has 1 aliphatic rings. The van der Waals surface area contributed by atoms with Crippen molar-refractivity contribution < 1.29 is 22.6 Å². The van der Waals surface area contributed by atoms with Crippen LogP contribution in [0.2, 0.25) is 0 Å². The highest BCUT2D eigenvalue weighted by molar-refractivity contribution is 5.49. The average Bonchev–Trinajstić information content (AvgIpc) is 2.64. The van der Waals surface area contributed by atoms with Gasteiger partial charge < -0.3 is 14.8 Å². The van der Waals surface area contributed by atoms with E-state index in [-0.39, 0.29) is 11.6 Å². The smallest absolute Gasteiger partial charge is 0.194 e. The Morgan fingerprint density at radius 1 is 1.04 bits per heavy atom. The zero-order valence-electron chi connectivity index (χ0n) is 14.2. The second-order valence-electron chi connectivity index (χ2n) is 6.04. The number of halogens is 3. The lowest BCUT2D eigenvalue weighted by molar-refractivity contribution is 0.351. The second kappa shape index (κ2) is 7.35. The highest BCUT2D eigenvalue weighted by atomic mass is 19.2. The summed E-state index contributed by atoms with van der Waals surface area (Å²) in [5.41, 5.74) is 2.38. The molecular formula is C19H20F3NO2. The largest absolute Gasteiger partial charge is 0.493 e. The maximum atomic E-state index is 13.9. The number of fused-ring (bicyclic) bond motifs is 1. The van der Waals surface area contributed by atoms with E-state index < -0.39 is 17.5 Å². The zero-order chi connectivity index (χ0) is 18.0. The lowest BCUT2D eigenvalue weighted by atomic mass is 9.90. The van der Waals surface area contributed by atoms with Gasteiger partial charge in [0.15, 0.2) is 29.0 Å². The van der Waals surface area contributed by atoms with E-state index in [1.165, 1.54) is 6.07 Å². The first kappa shape index (κ1) is 17.6. The molecule has 0 fully saturated rings. The summed E-state index contributed by atoms with van der Waals surface area (Å²) in [6.45, 7) is 0.785. The fourth-order valence-electron chi connectivity index (χ4n) is 3.29. The fraction of sp³-hybridized carbons (Fsp3) is 0.368. The molecule has 0 saturated heterocycles. The Kier molecular flexibility index (Phi) is 5.18. The Labute approximate surface area is 144 Å². The summed E-state index contributed by atoms with van der Waals surface area (Å²) >= 11 is 0. The predicted molar refractivity (Wildman–Crippen MR) is 88.6 cm³/mol. The maximum Gasteiger partial charge on any atom is 0.194 e. The lowest BCUT2D eigenvalue weighted by Crippen LogP contribution is -2.30. The third kappa shape index (κ3) is 3.44. The monoisotopic (exact) mass is 351 g/mol. The molecule has 0 bridgehead atoms. The molecule has 2 aromatic rings. The van der Waals surface area contributed by atoms with Crippen LogP contribution in [0.5, 0.6) is 11.5 Å². The molecule has 1 atom stereocenters. The van der Waals surface area contributed by atoms with E-state index >= 15 is 0 Å². The van der Waals surface area contributed by atoms with Crippen LogP contribution in [-0.2, 0) is 12.8 Å². The van der Waals surface area contributed by atoms with Gasteiger partial charge in [-0.3, -0.25) is 0 Å². The Morgan fingerprint density at radius 2 is 1.76 bits per heavy atom. The molecular weight excluding hydrogens is 331 g/mol. The van der Waals surface area contributed by atoms with Gasteiger partial charge in [-0.1, -0.05) is 6.07 Å². The topological polar surface area (TPSA) is 30.5 Å². The molecule has 25 heavy (non-hydrogen) atoms. The molecule has 1 heterocycles. The van der Waals surface area contributed by atoms with Crippen molar-refractivity contribution in [3.63, 3.8) is 0 Å². The van der Waals surface area contributed by atoms with Crippen LogP contribution in [0.1, 0.15) is 29.2 Å². The number of nitrogens with one attached hydrogen (secondary N) is 1. The molecule has 2 aromatic carbocycles. The second-order valence-corrected chi connectivity index (χ2v) is 6.04. The van der Waals surface area contributed by atoms with Crippen molar-refractivity contribution in [1.29, 1.82) is 0 Å². The van der Waals surface area contributed by atoms with E-state index in [2.05, 4.69) is 5.32 Å². The third-order valence-corrected chi connectivity index (χ3v) is 4.62. The molecule has 0 radical (unpaired) electrons. The highest BCUT2D eigenvalue weighted by Gasteiger charge is 2.23. The summed E-state index contributed by atoms with van der Waals surface area (Å²) in [4.78, 5) is 0. The minimum Gasteiger partial charge on any atom is -0.493 e. The van der Waals surface area contributed by atoms with Crippen LogP contribution in [0.4, 0.5) is 13.2 Å². The van der Waals surface area contributed by atoms with E-state index in [9.17, 15) is 13.2 Å². The number of aryl methyl sites for hydroxylation is 1. The molecule has 0 saturated carbocycles. The van der Waals surface area contributed by atoms with Gasteiger partial charge in [-0.05, 0) is 60.7 Å². The van der Waals surface area contributed by atoms with E-state index in [1.54, 1.807) is 14.2 Å². The van der Waals surface area contributed by atoms with Gasteiger partial charge in [0, 0.05) is 6.04 Å². The van der Waals surface area contributed by atoms with E-state index in [1.807, 2.05) is 12.1 Å². The third-order valence-electron chi connectivity index (χ3n) is 4.62. The Morgan fingerprint density at radius 3 is 2.48 bits per heavy atom. The molecule has 1 aliphatic heterocycles. The van der Waals surface area contributed by atoms with Crippen LogP contribution in [0.25, 0.3) is 0 Å². The van der Waals surface area contributed by atoms with Crippen LogP contribution in [-0.4, -0.2) is 20.8 Å². The SMILES string of the molecule is COc1cc2c(cc1OC)C(CCc1ccc(F)c(F)c1F)NCC2. The van der Waals surface area contributed by atoms with E-state index in [0.29, 0.717) is 24.3 Å². The maximum absolute atomic E-state index is 13.9. The van der Waals surface area contributed by atoms with Crippen LogP contribution in [0.3, 0.4) is 0 Å². The summed E-state index contributed by atoms with van der Waals surface area (Å²) in [5, 5.41) is 3.39. The first-order valence-electron chi connectivity index (χ1n) is 8.15. The van der Waals surface area contributed by atoms with Gasteiger partial charge in [0.25, 0.3) is 0 Å². The highest BCUT2D eigenvalue weighted by Crippen LogP contribution is 2.36. The summed E-state index contributed by atoms with van der Waals surface area (Å²) in [6.07, 6.45) is 1.71. The molecule has 134 valence electrons. The molecule has 3 nitrogen and oxygen atoms in total. The van der Waals surface area contributed by atoms with Gasteiger partial charge in [-0.2, -0.15) is 0 Å². The van der Waals surface area contributed by atoms with Crippen molar-refractivity contribution in [2.45, 2.75) is 25.3 Å². The van der Waals surface area contributed by atoms with Crippen molar-refractivity contribution in [1.82, 2.24) is 5.32 Å². The number of benzene rings is 2. The summed E-state index contributed by atoms with van der Waals surface area (Å²) < 4.78 is 51.0. The quantitative estimate of drug-likeness (QED) is 0.828. The standard InChI is InChI=1S/C19H20F3NO2/c1-24-16-9-12-7-8-23-15(13(12)10-17(16)25-2)6-4-11-3-5-14(20)19(22)18(11)21/h3,5,9-10,15,23H,4,6-8H2,1-2H3. The van der Waals surface area contributed by atoms with Gasteiger partial charge in [0.2, 0.25) is 0 Å². The molecule has 0 aromatic heterocycles. The van der Waals surface area contributed by atoms with Gasteiger partial charge in [-0.15, -0.1) is 0 Å². The van der Waals surface area contributed by atoms with E-state index in [0.717, 1.165) is 30.2 Å². The Balaban J connectivity index is 1.83. The van der Waals surface area contributed by atoms with Crippen molar-refractivity contribution in [2.75, 3.05) is 20.8 Å². The van der Waals surface area contributed by atoms with Crippen LogP contribution >= 0.6 is 0 Å². The van der Waals surface area contributed by atoms with Gasteiger partial charge >= 0.3 is 0 Å². The minimum atomic E-state index is -1.42. The zero-order valence-corrected chi connectivity index (χ0v) is 14.2. The number of rotatable bonds is 5. The number of hydrogen-bond donors (Lipinski definition) is 1. The first-order chi connectivity index (χ1) is 12.0. The number of ether oxygens (including phenoxy) is 2. The number of hydrogen-bond acceptors (Lipinski definition) is 3. The Bertz CT molecular complexity index is 780. The Hall–Kier alpha value is -2.21. The fourth-order valence-corrected chi connectivity index (χ4v) is 3.29. The van der Waals surface area contributed by atoms with Crippen molar-refractivity contribution >= 4 is 0 Å². The summed E-state index contributed by atoms with van der Waals surface area (Å²) in [7, 11) is 3.17. The van der Waals surface area contributed by atoms with Crippen LogP contribution < -0.4 is 14.8 Å². The van der Waals surface area contributed by atoms with Gasteiger partial charge in [-0.25, -0.2) is 13.2 Å². The van der Waals surface area contributed by atoms with Gasteiger partial charge in [0.1, 0.15) is 0 Å². The van der Waals surface area contributed by atoms with Crippen LogP contribution in [0.15, 0.2) is 24.3 Å². The van der Waals surface area contributed by atoms with Crippen molar-refractivity contribution in [3.8, 4) is 11.5 Å². The van der Waals surface area contributed by atoms with Gasteiger partial charge in [0.05, 0.1) is 14.2 Å². The lowest BCUT2D eigenvalue weighted by Gasteiger charge is -2.28. The summed E-state index contributed by atoms with van der Waals surface area (Å²) in [6, 6.07) is 6.12. The van der Waals surface area contributed by atoms with Crippen molar-refractivity contribution in [2.24, 2.45) is 0 Å². The van der Waals surface area contributed by atoms with Crippen LogP contribution in [0, 0.1) is 17.5 Å². The molecule has 1 unspecified atom stereocenters. The molecule has 6 heteroatoms. The summed E-state index contributed by atoms with van der Waals surface area (Å²) in [5.74, 6) is -2.38. The normalized spacial score (nSPS) is 16.4. The van der Waals surface area contributed by atoms with E-state index in [4.69, 9.17) is 9.47 Å². The predicted octanol–water partition coefficient (Wildman–Crippen LogP) is 3.94. The molecule has 0 aliphatic carbocycles. The van der Waals surface area contributed by atoms with Crippen molar-refractivity contribution in [3.05, 3.63) is 58.4 Å². The molecule has 0 amide bonds. The molecule has 1 N–H and O–H groups in total. The first-order valence-corrected chi connectivity index (χ1v) is 8.15. The number of methoxy groups -OCH3 is 2. The molecule has 0 spiro atoms.